The normalized spacial score (nSPS) is 17.0. The maximum atomic E-state index is 13.0. The number of rotatable bonds is 4. The maximum Gasteiger partial charge on any atom is 0.418 e. The largest absolute Gasteiger partial charge is 0.418 e. The van der Waals surface area contributed by atoms with Gasteiger partial charge in [-0.3, -0.25) is 4.79 Å². The van der Waals surface area contributed by atoms with Gasteiger partial charge in [0, 0.05) is 26.1 Å². The van der Waals surface area contributed by atoms with E-state index < -0.39 is 11.7 Å². The number of alkyl halides is 3. The number of amides is 1. The maximum absolute atomic E-state index is 13.0. The molecule has 0 atom stereocenters. The molecule has 1 aromatic carbocycles. The molecule has 0 unspecified atom stereocenters. The minimum absolute atomic E-state index is 0.0700. The predicted octanol–water partition coefficient (Wildman–Crippen LogP) is 2.04. The fourth-order valence-corrected chi connectivity index (χ4v) is 2.24. The van der Waals surface area contributed by atoms with Gasteiger partial charge in [-0.1, -0.05) is 12.1 Å². The van der Waals surface area contributed by atoms with Gasteiger partial charge in [-0.2, -0.15) is 13.2 Å². The summed E-state index contributed by atoms with van der Waals surface area (Å²) in [6, 6.07) is 5.02. The Morgan fingerprint density at radius 3 is 2.60 bits per heavy atom. The van der Waals surface area contributed by atoms with E-state index in [1.54, 1.807) is 5.01 Å². The minimum atomic E-state index is -4.51. The van der Waals surface area contributed by atoms with Gasteiger partial charge in [-0.25, -0.2) is 10.0 Å². The van der Waals surface area contributed by atoms with E-state index in [9.17, 15) is 18.0 Å². The topological polar surface area (TPSA) is 43.8 Å². The zero-order valence-corrected chi connectivity index (χ0v) is 10.7. The van der Waals surface area contributed by atoms with Crippen LogP contribution in [0.2, 0.25) is 0 Å². The Morgan fingerprint density at radius 2 is 1.95 bits per heavy atom. The molecule has 110 valence electrons. The summed E-state index contributed by atoms with van der Waals surface area (Å²) in [6.45, 7) is 0.638. The fourth-order valence-electron chi connectivity index (χ4n) is 2.24. The highest BCUT2D eigenvalue weighted by atomic mass is 19.4. The quantitative estimate of drug-likeness (QED) is 0.922. The zero-order valence-electron chi connectivity index (χ0n) is 10.7. The molecule has 0 bridgehead atoms. The highest BCUT2D eigenvalue weighted by Gasteiger charge is 2.39. The molecular formula is C13H15F3N2O2. The lowest BCUT2D eigenvalue weighted by Crippen LogP contribution is -2.41. The van der Waals surface area contributed by atoms with E-state index in [-0.39, 0.29) is 24.6 Å². The third-order valence-corrected chi connectivity index (χ3v) is 3.11. The van der Waals surface area contributed by atoms with E-state index in [1.807, 2.05) is 0 Å². The monoisotopic (exact) mass is 288 g/mol. The Morgan fingerprint density at radius 1 is 1.25 bits per heavy atom. The Bertz CT molecular complexity index is 491. The number of benzene rings is 1. The number of hydrogen-bond donors (Lipinski definition) is 1. The van der Waals surface area contributed by atoms with Crippen LogP contribution in [0.1, 0.15) is 18.4 Å². The van der Waals surface area contributed by atoms with Gasteiger partial charge in [0.05, 0.1) is 11.3 Å². The number of nitrogens with zero attached hydrogens (tertiary/aromatic N) is 2. The molecule has 1 aromatic rings. The van der Waals surface area contributed by atoms with E-state index in [0.29, 0.717) is 19.5 Å². The Balaban J connectivity index is 2.36. The van der Waals surface area contributed by atoms with Crippen molar-refractivity contribution in [3.05, 3.63) is 29.8 Å². The number of halogens is 3. The summed E-state index contributed by atoms with van der Waals surface area (Å²) in [5.41, 5.74) is -0.982. The number of aliphatic hydroxyl groups excluding tert-OH is 1. The lowest BCUT2D eigenvalue weighted by Gasteiger charge is -2.29. The first-order valence-electron chi connectivity index (χ1n) is 6.30. The molecular weight excluding hydrogens is 273 g/mol. The van der Waals surface area contributed by atoms with Gasteiger partial charge >= 0.3 is 6.18 Å². The smallest absolute Gasteiger partial charge is 0.396 e. The third-order valence-electron chi connectivity index (χ3n) is 3.11. The molecule has 0 saturated carbocycles. The van der Waals surface area contributed by atoms with Crippen molar-refractivity contribution in [2.45, 2.75) is 19.0 Å². The molecule has 7 heteroatoms. The summed E-state index contributed by atoms with van der Waals surface area (Å²) in [7, 11) is 0. The van der Waals surface area contributed by atoms with Crippen molar-refractivity contribution < 1.29 is 23.1 Å². The SMILES string of the molecule is O=C1CCN(CCCO)N1c1ccccc1C(F)(F)F. The van der Waals surface area contributed by atoms with Crippen LogP contribution in [-0.2, 0) is 11.0 Å². The second kappa shape index (κ2) is 5.80. The third kappa shape index (κ3) is 2.94. The van der Waals surface area contributed by atoms with Crippen molar-refractivity contribution in [2.75, 3.05) is 24.7 Å². The van der Waals surface area contributed by atoms with Crippen LogP contribution in [0.25, 0.3) is 0 Å². The van der Waals surface area contributed by atoms with Gasteiger partial charge in [0.25, 0.3) is 0 Å². The molecule has 0 aliphatic carbocycles. The van der Waals surface area contributed by atoms with Crippen molar-refractivity contribution in [3.63, 3.8) is 0 Å². The number of hydrazine groups is 1. The molecule has 2 rings (SSSR count). The summed E-state index contributed by atoms with van der Waals surface area (Å²) in [6.07, 6.45) is -3.93. The number of carbonyl (C=O) groups is 1. The first kappa shape index (κ1) is 14.8. The number of anilines is 1. The number of para-hydroxylation sites is 1. The van der Waals surface area contributed by atoms with Gasteiger partial charge in [0.15, 0.2) is 0 Å². The molecule has 1 fully saturated rings. The van der Waals surface area contributed by atoms with Gasteiger partial charge in [0.2, 0.25) is 5.91 Å². The van der Waals surface area contributed by atoms with Crippen molar-refractivity contribution >= 4 is 11.6 Å². The second-order valence-electron chi connectivity index (χ2n) is 4.50. The number of carbonyl (C=O) groups excluding carboxylic acids is 1. The van der Waals surface area contributed by atoms with Crippen LogP contribution >= 0.6 is 0 Å². The predicted molar refractivity (Wildman–Crippen MR) is 66.8 cm³/mol. The zero-order chi connectivity index (χ0) is 14.8. The van der Waals surface area contributed by atoms with Crippen LogP contribution in [0, 0.1) is 0 Å². The summed E-state index contributed by atoms with van der Waals surface area (Å²) in [5, 5.41) is 11.4. The summed E-state index contributed by atoms with van der Waals surface area (Å²) < 4.78 is 39.0. The van der Waals surface area contributed by atoms with E-state index in [1.165, 1.54) is 18.2 Å². The average Bonchev–Trinajstić information content (AvgIpc) is 2.76. The molecule has 4 nitrogen and oxygen atoms in total. The highest BCUT2D eigenvalue weighted by Crippen LogP contribution is 2.38. The van der Waals surface area contributed by atoms with Gasteiger partial charge in [-0.15, -0.1) is 0 Å². The molecule has 1 heterocycles. The molecule has 0 aromatic heterocycles. The van der Waals surface area contributed by atoms with Crippen LogP contribution in [-0.4, -0.2) is 35.7 Å². The first-order chi connectivity index (χ1) is 9.45. The molecule has 1 aliphatic rings. The van der Waals surface area contributed by atoms with Crippen LogP contribution in [0.4, 0.5) is 18.9 Å². The fraction of sp³-hybridized carbons (Fsp3) is 0.462. The van der Waals surface area contributed by atoms with E-state index in [0.717, 1.165) is 11.1 Å². The lowest BCUT2D eigenvalue weighted by atomic mass is 10.1. The van der Waals surface area contributed by atoms with E-state index in [2.05, 4.69) is 0 Å². The molecule has 0 radical (unpaired) electrons. The number of aliphatic hydroxyl groups is 1. The molecule has 1 saturated heterocycles. The van der Waals surface area contributed by atoms with Crippen LogP contribution in [0.15, 0.2) is 24.3 Å². The Hall–Kier alpha value is -1.60. The van der Waals surface area contributed by atoms with E-state index in [4.69, 9.17) is 5.11 Å². The molecule has 1 amide bonds. The molecule has 20 heavy (non-hydrogen) atoms. The van der Waals surface area contributed by atoms with Gasteiger partial charge < -0.3 is 5.11 Å². The lowest BCUT2D eigenvalue weighted by molar-refractivity contribution is -0.137. The van der Waals surface area contributed by atoms with Crippen molar-refractivity contribution in [2.24, 2.45) is 0 Å². The summed E-state index contributed by atoms with van der Waals surface area (Å²) >= 11 is 0. The molecule has 1 aliphatic heterocycles. The van der Waals surface area contributed by atoms with Crippen molar-refractivity contribution in [1.82, 2.24) is 5.01 Å². The average molecular weight is 288 g/mol. The summed E-state index contributed by atoms with van der Waals surface area (Å²) in [5.74, 6) is -0.361. The van der Waals surface area contributed by atoms with E-state index >= 15 is 0 Å². The first-order valence-corrected chi connectivity index (χ1v) is 6.30. The van der Waals surface area contributed by atoms with Gasteiger partial charge in [0.1, 0.15) is 0 Å². The van der Waals surface area contributed by atoms with Crippen LogP contribution in [0.5, 0.6) is 0 Å². The van der Waals surface area contributed by atoms with Crippen molar-refractivity contribution in [3.8, 4) is 0 Å². The molecule has 1 N–H and O–H groups in total. The Labute approximate surface area is 114 Å². The minimum Gasteiger partial charge on any atom is -0.396 e. The summed E-state index contributed by atoms with van der Waals surface area (Å²) in [4.78, 5) is 11.9. The van der Waals surface area contributed by atoms with Crippen molar-refractivity contribution in [1.29, 1.82) is 0 Å². The number of hydrogen-bond acceptors (Lipinski definition) is 3. The highest BCUT2D eigenvalue weighted by molar-refractivity contribution is 5.95. The van der Waals surface area contributed by atoms with Gasteiger partial charge in [-0.05, 0) is 18.6 Å². The van der Waals surface area contributed by atoms with Crippen LogP contribution in [0.3, 0.4) is 0 Å². The Kier molecular flexibility index (Phi) is 4.29. The molecule has 0 spiro atoms. The standard InChI is InChI=1S/C13H15F3N2O2/c14-13(15,16)10-4-1-2-5-11(10)18-12(20)6-8-17(18)7-3-9-19/h1-2,4-5,19H,3,6-9H2. The second-order valence-corrected chi connectivity index (χ2v) is 4.50. The van der Waals surface area contributed by atoms with Crippen LogP contribution < -0.4 is 5.01 Å².